The standard InChI is InChI=1S/C16H29NO3/c1-12(2)17-13-8-6-7-9-14(11-10-13)19-15(18)20-16(3,4)5/h7,9,12-14,17H,6,8,10-11H2,1-5H3/b9-7+. The highest BCUT2D eigenvalue weighted by atomic mass is 16.7. The molecule has 1 rings (SSSR count). The van der Waals surface area contributed by atoms with Gasteiger partial charge in [-0.2, -0.15) is 0 Å². The second kappa shape index (κ2) is 7.67. The predicted octanol–water partition coefficient (Wildman–Crippen LogP) is 3.80. The van der Waals surface area contributed by atoms with Crippen molar-refractivity contribution < 1.29 is 14.3 Å². The molecule has 1 aliphatic carbocycles. The third-order valence-electron chi connectivity index (χ3n) is 3.04. The average Bonchev–Trinajstić information content (AvgIpc) is 2.23. The second-order valence-corrected chi connectivity index (χ2v) is 6.72. The van der Waals surface area contributed by atoms with Crippen LogP contribution in [0.25, 0.3) is 0 Å². The van der Waals surface area contributed by atoms with Crippen molar-refractivity contribution in [3.8, 4) is 0 Å². The largest absolute Gasteiger partial charge is 0.509 e. The maximum absolute atomic E-state index is 11.7. The summed E-state index contributed by atoms with van der Waals surface area (Å²) in [5, 5.41) is 3.56. The fourth-order valence-corrected chi connectivity index (χ4v) is 2.29. The molecule has 0 aromatic carbocycles. The number of carbonyl (C=O) groups is 1. The first-order valence-corrected chi connectivity index (χ1v) is 7.58. The van der Waals surface area contributed by atoms with Crippen LogP contribution in [0.4, 0.5) is 4.79 Å². The van der Waals surface area contributed by atoms with Crippen molar-refractivity contribution in [3.63, 3.8) is 0 Å². The molecular weight excluding hydrogens is 254 g/mol. The van der Waals surface area contributed by atoms with Crippen LogP contribution in [0.1, 0.15) is 60.3 Å². The molecule has 0 radical (unpaired) electrons. The van der Waals surface area contributed by atoms with Crippen LogP contribution >= 0.6 is 0 Å². The van der Waals surface area contributed by atoms with Crippen molar-refractivity contribution in [3.05, 3.63) is 12.2 Å². The molecule has 0 aromatic heterocycles. The van der Waals surface area contributed by atoms with Gasteiger partial charge in [0.2, 0.25) is 0 Å². The number of ether oxygens (including phenoxy) is 2. The van der Waals surface area contributed by atoms with E-state index in [1.807, 2.05) is 26.8 Å². The number of nitrogens with one attached hydrogen (secondary N) is 1. The molecule has 0 bridgehead atoms. The summed E-state index contributed by atoms with van der Waals surface area (Å²) in [5.74, 6) is 0. The first kappa shape index (κ1) is 17.0. The van der Waals surface area contributed by atoms with Crippen molar-refractivity contribution in [2.75, 3.05) is 0 Å². The Morgan fingerprint density at radius 1 is 1.25 bits per heavy atom. The molecule has 1 N–H and O–H groups in total. The molecule has 116 valence electrons. The summed E-state index contributed by atoms with van der Waals surface area (Å²) < 4.78 is 10.6. The van der Waals surface area contributed by atoms with Gasteiger partial charge in [-0.3, -0.25) is 0 Å². The van der Waals surface area contributed by atoms with E-state index in [1.54, 1.807) is 0 Å². The Morgan fingerprint density at radius 3 is 2.55 bits per heavy atom. The van der Waals surface area contributed by atoms with Crippen molar-refractivity contribution in [2.24, 2.45) is 0 Å². The number of hydrogen-bond donors (Lipinski definition) is 1. The molecule has 0 aromatic rings. The third-order valence-corrected chi connectivity index (χ3v) is 3.04. The van der Waals surface area contributed by atoms with Crippen LogP contribution in [0.3, 0.4) is 0 Å². The second-order valence-electron chi connectivity index (χ2n) is 6.72. The minimum absolute atomic E-state index is 0.179. The fraction of sp³-hybridized carbons (Fsp3) is 0.812. The van der Waals surface area contributed by atoms with Crippen LogP contribution in [0.15, 0.2) is 12.2 Å². The minimum Gasteiger partial charge on any atom is -0.429 e. The van der Waals surface area contributed by atoms with Crippen molar-refractivity contribution >= 4 is 6.16 Å². The highest BCUT2D eigenvalue weighted by Crippen LogP contribution is 2.17. The molecule has 1 aliphatic rings. The van der Waals surface area contributed by atoms with Crippen molar-refractivity contribution in [1.82, 2.24) is 5.32 Å². The lowest BCUT2D eigenvalue weighted by atomic mass is 9.99. The lowest BCUT2D eigenvalue weighted by molar-refractivity contribution is -0.0203. The first-order chi connectivity index (χ1) is 9.26. The van der Waals surface area contributed by atoms with Crippen LogP contribution in [0.5, 0.6) is 0 Å². The zero-order chi connectivity index (χ0) is 15.2. The van der Waals surface area contributed by atoms with E-state index in [9.17, 15) is 4.79 Å². The zero-order valence-electron chi connectivity index (χ0n) is 13.4. The molecule has 0 amide bonds. The van der Waals surface area contributed by atoms with Gasteiger partial charge in [0.15, 0.2) is 0 Å². The Hall–Kier alpha value is -1.03. The molecule has 0 fully saturated rings. The van der Waals surface area contributed by atoms with E-state index in [0.717, 1.165) is 25.7 Å². The van der Waals surface area contributed by atoms with Gasteiger partial charge in [-0.1, -0.05) is 19.9 Å². The van der Waals surface area contributed by atoms with E-state index in [0.29, 0.717) is 12.1 Å². The van der Waals surface area contributed by atoms with Crippen LogP contribution in [-0.2, 0) is 9.47 Å². The molecule has 2 unspecified atom stereocenters. The molecule has 2 atom stereocenters. The van der Waals surface area contributed by atoms with Gasteiger partial charge in [0.05, 0.1) is 0 Å². The number of allylic oxidation sites excluding steroid dienone is 1. The van der Waals surface area contributed by atoms with Crippen LogP contribution < -0.4 is 5.32 Å². The van der Waals surface area contributed by atoms with Gasteiger partial charge in [-0.25, -0.2) is 4.79 Å². The molecule has 4 heteroatoms. The Balaban J connectivity index is 2.46. The average molecular weight is 283 g/mol. The zero-order valence-corrected chi connectivity index (χ0v) is 13.4. The molecule has 0 saturated heterocycles. The summed E-state index contributed by atoms with van der Waals surface area (Å²) in [6, 6.07) is 0.971. The van der Waals surface area contributed by atoms with Crippen molar-refractivity contribution in [2.45, 2.75) is 84.1 Å². The Labute approximate surface area is 122 Å². The molecule has 0 heterocycles. The van der Waals surface area contributed by atoms with Gasteiger partial charge < -0.3 is 14.8 Å². The fourth-order valence-electron chi connectivity index (χ4n) is 2.29. The van der Waals surface area contributed by atoms with E-state index < -0.39 is 11.8 Å². The summed E-state index contributed by atoms with van der Waals surface area (Å²) in [6.07, 6.45) is 7.31. The van der Waals surface area contributed by atoms with E-state index in [-0.39, 0.29) is 6.10 Å². The Kier molecular flexibility index (Phi) is 6.53. The minimum atomic E-state index is -0.582. The van der Waals surface area contributed by atoms with Gasteiger partial charge in [0.25, 0.3) is 0 Å². The van der Waals surface area contributed by atoms with E-state index >= 15 is 0 Å². The topological polar surface area (TPSA) is 47.6 Å². The summed E-state index contributed by atoms with van der Waals surface area (Å²) in [7, 11) is 0. The van der Waals surface area contributed by atoms with Crippen LogP contribution in [-0.4, -0.2) is 29.9 Å². The predicted molar refractivity (Wildman–Crippen MR) is 80.8 cm³/mol. The van der Waals surface area contributed by atoms with Gasteiger partial charge in [-0.15, -0.1) is 0 Å². The normalized spacial score (nSPS) is 25.7. The molecule has 0 saturated carbocycles. The molecule has 0 aliphatic heterocycles. The lowest BCUT2D eigenvalue weighted by Gasteiger charge is -2.25. The lowest BCUT2D eigenvalue weighted by Crippen LogP contribution is -2.36. The molecule has 0 spiro atoms. The highest BCUT2D eigenvalue weighted by molar-refractivity contribution is 5.61. The first-order valence-electron chi connectivity index (χ1n) is 7.58. The van der Waals surface area contributed by atoms with Crippen LogP contribution in [0, 0.1) is 0 Å². The third kappa shape index (κ3) is 7.53. The number of rotatable bonds is 3. The van der Waals surface area contributed by atoms with E-state index in [2.05, 4.69) is 25.2 Å². The molecule has 20 heavy (non-hydrogen) atoms. The van der Waals surface area contributed by atoms with Gasteiger partial charge in [0, 0.05) is 12.1 Å². The highest BCUT2D eigenvalue weighted by Gasteiger charge is 2.22. The van der Waals surface area contributed by atoms with E-state index in [4.69, 9.17) is 9.47 Å². The number of carbonyl (C=O) groups excluding carboxylic acids is 1. The maximum Gasteiger partial charge on any atom is 0.509 e. The Bertz CT molecular complexity index is 331. The molecular formula is C16H29NO3. The van der Waals surface area contributed by atoms with Crippen molar-refractivity contribution in [1.29, 1.82) is 0 Å². The maximum atomic E-state index is 11.7. The summed E-state index contributed by atoms with van der Waals surface area (Å²) >= 11 is 0. The number of hydrogen-bond acceptors (Lipinski definition) is 4. The monoisotopic (exact) mass is 283 g/mol. The summed E-state index contributed by atoms with van der Waals surface area (Å²) in [6.45, 7) is 9.83. The van der Waals surface area contributed by atoms with Gasteiger partial charge in [0.1, 0.15) is 11.7 Å². The Morgan fingerprint density at radius 2 is 1.95 bits per heavy atom. The van der Waals surface area contributed by atoms with Crippen LogP contribution in [0.2, 0.25) is 0 Å². The van der Waals surface area contributed by atoms with Gasteiger partial charge >= 0.3 is 6.16 Å². The smallest absolute Gasteiger partial charge is 0.429 e. The summed E-state index contributed by atoms with van der Waals surface area (Å²) in [4.78, 5) is 11.7. The quantitative estimate of drug-likeness (QED) is 0.632. The summed E-state index contributed by atoms with van der Waals surface area (Å²) in [5.41, 5.74) is -0.510. The molecule has 4 nitrogen and oxygen atoms in total. The van der Waals surface area contributed by atoms with Gasteiger partial charge in [-0.05, 0) is 52.5 Å². The van der Waals surface area contributed by atoms with E-state index in [1.165, 1.54) is 0 Å². The SMILES string of the molecule is CC(C)NC1CC/C=C/C(OC(=O)OC(C)(C)C)CC1.